The van der Waals surface area contributed by atoms with E-state index in [1.165, 1.54) is 0 Å². The monoisotopic (exact) mass is 209 g/mol. The Morgan fingerprint density at radius 2 is 1.93 bits per heavy atom. The highest BCUT2D eigenvalue weighted by atomic mass is 16.5. The van der Waals surface area contributed by atoms with Gasteiger partial charge in [0, 0.05) is 0 Å². The van der Waals surface area contributed by atoms with Gasteiger partial charge in [0.1, 0.15) is 5.75 Å². The van der Waals surface area contributed by atoms with E-state index in [0.717, 1.165) is 24.3 Å². The van der Waals surface area contributed by atoms with Crippen LogP contribution in [-0.2, 0) is 5.54 Å². The Hall–Kier alpha value is -1.06. The summed E-state index contributed by atoms with van der Waals surface area (Å²) in [6.45, 7) is 4.52. The molecule has 0 aliphatic carbocycles. The summed E-state index contributed by atoms with van der Waals surface area (Å²) in [6, 6.07) is 7.54. The number of hydrogen-bond acceptors (Lipinski definition) is 3. The molecule has 15 heavy (non-hydrogen) atoms. The summed E-state index contributed by atoms with van der Waals surface area (Å²) in [5.41, 5.74) is 6.13. The molecular formula is C12H19NO2. The van der Waals surface area contributed by atoms with E-state index in [2.05, 4.69) is 6.92 Å². The highest BCUT2D eigenvalue weighted by Gasteiger charge is 2.19. The summed E-state index contributed by atoms with van der Waals surface area (Å²) in [5, 5.41) is 9.10. The van der Waals surface area contributed by atoms with Crippen LogP contribution in [0.25, 0.3) is 0 Å². The van der Waals surface area contributed by atoms with Gasteiger partial charge in [0.25, 0.3) is 0 Å². The second-order valence-corrected chi connectivity index (χ2v) is 3.95. The topological polar surface area (TPSA) is 55.5 Å². The Morgan fingerprint density at radius 3 is 2.40 bits per heavy atom. The summed E-state index contributed by atoms with van der Waals surface area (Å²) in [6.07, 6.45) is 0.993. The van der Waals surface area contributed by atoms with Crippen molar-refractivity contribution in [1.82, 2.24) is 0 Å². The third-order valence-electron chi connectivity index (χ3n) is 2.32. The van der Waals surface area contributed by atoms with Crippen molar-refractivity contribution in [3.8, 4) is 5.75 Å². The van der Waals surface area contributed by atoms with Gasteiger partial charge in [-0.15, -0.1) is 0 Å². The first-order valence-corrected chi connectivity index (χ1v) is 5.23. The molecular weight excluding hydrogens is 190 g/mol. The fourth-order valence-corrected chi connectivity index (χ4v) is 1.24. The lowest BCUT2D eigenvalue weighted by molar-refractivity contribution is 0.210. The minimum absolute atomic E-state index is 0.0673. The maximum absolute atomic E-state index is 9.10. The summed E-state index contributed by atoms with van der Waals surface area (Å²) >= 11 is 0. The summed E-state index contributed by atoms with van der Waals surface area (Å²) in [7, 11) is 0. The van der Waals surface area contributed by atoms with Gasteiger partial charge in [-0.1, -0.05) is 19.1 Å². The van der Waals surface area contributed by atoms with Crippen LogP contribution in [0.2, 0.25) is 0 Å². The maximum Gasteiger partial charge on any atom is 0.119 e. The molecule has 1 aromatic rings. The molecule has 0 amide bonds. The highest BCUT2D eigenvalue weighted by molar-refractivity contribution is 5.31. The lowest BCUT2D eigenvalue weighted by Gasteiger charge is -2.22. The molecule has 0 aliphatic heterocycles. The van der Waals surface area contributed by atoms with Gasteiger partial charge < -0.3 is 15.6 Å². The molecule has 0 spiro atoms. The first-order chi connectivity index (χ1) is 7.10. The molecule has 84 valence electrons. The second kappa shape index (κ2) is 5.14. The molecule has 0 heterocycles. The summed E-state index contributed by atoms with van der Waals surface area (Å²) in [5.74, 6) is 0.842. The van der Waals surface area contributed by atoms with Crippen LogP contribution in [0, 0.1) is 0 Å². The third kappa shape index (κ3) is 3.22. The van der Waals surface area contributed by atoms with Crippen molar-refractivity contribution in [2.75, 3.05) is 13.2 Å². The number of aliphatic hydroxyl groups is 1. The molecule has 0 radical (unpaired) electrons. The molecule has 3 N–H and O–H groups in total. The van der Waals surface area contributed by atoms with Crippen molar-refractivity contribution in [2.24, 2.45) is 5.73 Å². The SMILES string of the molecule is CCCOc1ccc(C(C)(N)CO)cc1. The van der Waals surface area contributed by atoms with Gasteiger partial charge in [0.05, 0.1) is 18.8 Å². The van der Waals surface area contributed by atoms with E-state index in [0.29, 0.717) is 0 Å². The lowest BCUT2D eigenvalue weighted by atomic mass is 9.94. The zero-order valence-corrected chi connectivity index (χ0v) is 9.36. The number of rotatable bonds is 5. The van der Waals surface area contributed by atoms with E-state index in [1.54, 1.807) is 6.92 Å². The second-order valence-electron chi connectivity index (χ2n) is 3.95. The fraction of sp³-hybridized carbons (Fsp3) is 0.500. The molecule has 3 heteroatoms. The van der Waals surface area contributed by atoms with Crippen molar-refractivity contribution >= 4 is 0 Å². The zero-order chi connectivity index (χ0) is 11.3. The van der Waals surface area contributed by atoms with Crippen LogP contribution in [0.15, 0.2) is 24.3 Å². The predicted molar refractivity (Wildman–Crippen MR) is 60.9 cm³/mol. The third-order valence-corrected chi connectivity index (χ3v) is 2.32. The molecule has 1 unspecified atom stereocenters. The average molecular weight is 209 g/mol. The molecule has 0 bridgehead atoms. The normalized spacial score (nSPS) is 14.7. The van der Waals surface area contributed by atoms with Crippen molar-refractivity contribution in [3.63, 3.8) is 0 Å². The largest absolute Gasteiger partial charge is 0.494 e. The predicted octanol–water partition coefficient (Wildman–Crippen LogP) is 1.64. The first-order valence-electron chi connectivity index (χ1n) is 5.23. The van der Waals surface area contributed by atoms with Crippen molar-refractivity contribution in [1.29, 1.82) is 0 Å². The van der Waals surface area contributed by atoms with Gasteiger partial charge in [0.15, 0.2) is 0 Å². The number of aliphatic hydroxyl groups excluding tert-OH is 1. The van der Waals surface area contributed by atoms with E-state index in [1.807, 2.05) is 24.3 Å². The van der Waals surface area contributed by atoms with Crippen molar-refractivity contribution in [2.45, 2.75) is 25.8 Å². The maximum atomic E-state index is 9.10. The van der Waals surface area contributed by atoms with E-state index >= 15 is 0 Å². The summed E-state index contributed by atoms with van der Waals surface area (Å²) in [4.78, 5) is 0. The van der Waals surface area contributed by atoms with E-state index < -0.39 is 5.54 Å². The van der Waals surface area contributed by atoms with Crippen LogP contribution in [0.1, 0.15) is 25.8 Å². The van der Waals surface area contributed by atoms with Crippen molar-refractivity contribution in [3.05, 3.63) is 29.8 Å². The molecule has 1 aromatic carbocycles. The summed E-state index contributed by atoms with van der Waals surface area (Å²) < 4.78 is 5.45. The number of hydrogen-bond donors (Lipinski definition) is 2. The van der Waals surface area contributed by atoms with E-state index in [9.17, 15) is 0 Å². The minimum atomic E-state index is -0.677. The Morgan fingerprint density at radius 1 is 1.33 bits per heavy atom. The molecule has 0 saturated heterocycles. The van der Waals surface area contributed by atoms with Gasteiger partial charge in [-0.05, 0) is 31.0 Å². The van der Waals surface area contributed by atoms with Gasteiger partial charge in [-0.2, -0.15) is 0 Å². The van der Waals surface area contributed by atoms with Crippen LogP contribution in [-0.4, -0.2) is 18.3 Å². The molecule has 0 fully saturated rings. The van der Waals surface area contributed by atoms with E-state index in [-0.39, 0.29) is 6.61 Å². The molecule has 0 saturated carbocycles. The lowest BCUT2D eigenvalue weighted by Crippen LogP contribution is -2.36. The van der Waals surface area contributed by atoms with Crippen LogP contribution >= 0.6 is 0 Å². The van der Waals surface area contributed by atoms with Crippen LogP contribution in [0.5, 0.6) is 5.75 Å². The first kappa shape index (κ1) is 12.0. The Kier molecular flexibility index (Phi) is 4.12. The van der Waals surface area contributed by atoms with Crippen molar-refractivity contribution < 1.29 is 9.84 Å². The average Bonchev–Trinajstić information content (AvgIpc) is 2.27. The Labute approximate surface area is 90.9 Å². The molecule has 3 nitrogen and oxygen atoms in total. The highest BCUT2D eigenvalue weighted by Crippen LogP contribution is 2.20. The fourth-order valence-electron chi connectivity index (χ4n) is 1.24. The minimum Gasteiger partial charge on any atom is -0.494 e. The number of ether oxygens (including phenoxy) is 1. The van der Waals surface area contributed by atoms with Gasteiger partial charge in [0.2, 0.25) is 0 Å². The number of nitrogens with two attached hydrogens (primary N) is 1. The van der Waals surface area contributed by atoms with Crippen LogP contribution in [0.4, 0.5) is 0 Å². The smallest absolute Gasteiger partial charge is 0.119 e. The Bertz CT molecular complexity index is 293. The standard InChI is InChI=1S/C12H19NO2/c1-3-8-15-11-6-4-10(5-7-11)12(2,13)9-14/h4-7,14H,3,8-9,13H2,1-2H3. The molecule has 1 rings (SSSR count). The van der Waals surface area contributed by atoms with Gasteiger partial charge in [-0.25, -0.2) is 0 Å². The Balaban J connectivity index is 2.72. The van der Waals surface area contributed by atoms with Gasteiger partial charge >= 0.3 is 0 Å². The van der Waals surface area contributed by atoms with E-state index in [4.69, 9.17) is 15.6 Å². The van der Waals surface area contributed by atoms with Crippen LogP contribution in [0.3, 0.4) is 0 Å². The number of benzene rings is 1. The van der Waals surface area contributed by atoms with Crippen LogP contribution < -0.4 is 10.5 Å². The molecule has 0 aliphatic rings. The van der Waals surface area contributed by atoms with Gasteiger partial charge in [-0.3, -0.25) is 0 Å². The molecule has 0 aromatic heterocycles. The zero-order valence-electron chi connectivity index (χ0n) is 9.36. The molecule has 1 atom stereocenters. The quantitative estimate of drug-likeness (QED) is 0.775.